The lowest BCUT2D eigenvalue weighted by Gasteiger charge is -2.10. The molecule has 118 valence electrons. The fourth-order valence-corrected chi connectivity index (χ4v) is 2.21. The van der Waals surface area contributed by atoms with Crippen LogP contribution in [0, 0.1) is 5.82 Å². The van der Waals surface area contributed by atoms with Gasteiger partial charge in [-0.05, 0) is 48.5 Å². The normalized spacial score (nSPS) is 12.3. The predicted molar refractivity (Wildman–Crippen MR) is 84.6 cm³/mol. The average molecular weight is 315 g/mol. The van der Waals surface area contributed by atoms with Gasteiger partial charge in [0.05, 0.1) is 11.2 Å². The van der Waals surface area contributed by atoms with Crippen LogP contribution in [0.2, 0.25) is 0 Å². The van der Waals surface area contributed by atoms with Crippen LogP contribution < -0.4 is 4.74 Å². The molecular weight excluding hydrogens is 300 g/mol. The number of halogens is 2. The van der Waals surface area contributed by atoms with E-state index in [9.17, 15) is 13.9 Å². The molecule has 3 aromatic rings. The molecule has 0 aliphatic heterocycles. The summed E-state index contributed by atoms with van der Waals surface area (Å²) < 4.78 is 30.5. The summed E-state index contributed by atoms with van der Waals surface area (Å²) in [6, 6.07) is 15.2. The zero-order valence-corrected chi connectivity index (χ0v) is 12.2. The molecule has 5 heteroatoms. The average Bonchev–Trinajstić information content (AvgIpc) is 2.59. The summed E-state index contributed by atoms with van der Waals surface area (Å²) in [5.41, 5.74) is 2.35. The number of rotatable bonds is 5. The number of benzene rings is 2. The van der Waals surface area contributed by atoms with Crippen LogP contribution in [-0.4, -0.2) is 29.5 Å². The molecule has 0 amide bonds. The Hall–Kier alpha value is -2.53. The second kappa shape index (κ2) is 6.71. The highest BCUT2D eigenvalue weighted by molar-refractivity contribution is 5.82. The van der Waals surface area contributed by atoms with Gasteiger partial charge in [-0.15, -0.1) is 0 Å². The highest BCUT2D eigenvalue weighted by Crippen LogP contribution is 2.24. The Bertz CT molecular complexity index is 806. The quantitative estimate of drug-likeness (QED) is 0.780. The van der Waals surface area contributed by atoms with Gasteiger partial charge in [0.25, 0.3) is 0 Å². The van der Waals surface area contributed by atoms with Gasteiger partial charge in [0.1, 0.15) is 31.0 Å². The molecule has 3 nitrogen and oxygen atoms in total. The van der Waals surface area contributed by atoms with Crippen LogP contribution in [0.5, 0.6) is 5.75 Å². The fourth-order valence-electron chi connectivity index (χ4n) is 2.21. The number of alkyl halides is 1. The molecule has 0 saturated heterocycles. The first-order valence-electron chi connectivity index (χ1n) is 7.19. The van der Waals surface area contributed by atoms with Gasteiger partial charge >= 0.3 is 0 Å². The molecule has 0 radical (unpaired) electrons. The minimum Gasteiger partial charge on any atom is -0.491 e. The first-order chi connectivity index (χ1) is 11.2. The van der Waals surface area contributed by atoms with E-state index in [1.807, 2.05) is 12.1 Å². The smallest absolute Gasteiger partial charge is 0.123 e. The molecule has 1 heterocycles. The van der Waals surface area contributed by atoms with E-state index in [1.54, 1.807) is 30.3 Å². The topological polar surface area (TPSA) is 42.4 Å². The van der Waals surface area contributed by atoms with Gasteiger partial charge in [-0.3, -0.25) is 0 Å². The van der Waals surface area contributed by atoms with Crippen molar-refractivity contribution < 1.29 is 18.6 Å². The van der Waals surface area contributed by atoms with Gasteiger partial charge in [0, 0.05) is 10.9 Å². The van der Waals surface area contributed by atoms with Gasteiger partial charge in [-0.1, -0.05) is 6.07 Å². The molecule has 3 rings (SSSR count). The van der Waals surface area contributed by atoms with E-state index in [-0.39, 0.29) is 12.4 Å². The van der Waals surface area contributed by atoms with Crippen molar-refractivity contribution in [3.05, 3.63) is 60.4 Å². The van der Waals surface area contributed by atoms with Crippen molar-refractivity contribution in [2.75, 3.05) is 13.3 Å². The van der Waals surface area contributed by atoms with E-state index in [0.29, 0.717) is 5.75 Å². The second-order valence-corrected chi connectivity index (χ2v) is 5.18. The lowest BCUT2D eigenvalue weighted by molar-refractivity contribution is 0.0842. The molecule has 0 saturated carbocycles. The van der Waals surface area contributed by atoms with Gasteiger partial charge in [0.2, 0.25) is 0 Å². The Morgan fingerprint density at radius 3 is 2.57 bits per heavy atom. The van der Waals surface area contributed by atoms with Crippen molar-refractivity contribution >= 4 is 10.9 Å². The number of ether oxygens (including phenoxy) is 1. The highest BCUT2D eigenvalue weighted by Gasteiger charge is 2.06. The summed E-state index contributed by atoms with van der Waals surface area (Å²) in [6.45, 7) is -0.931. The number of nitrogens with zero attached hydrogens (tertiary/aromatic N) is 1. The maximum absolute atomic E-state index is 13.0. The van der Waals surface area contributed by atoms with Gasteiger partial charge in [-0.25, -0.2) is 13.8 Å². The maximum atomic E-state index is 13.0. The van der Waals surface area contributed by atoms with Crippen LogP contribution in [0.25, 0.3) is 22.2 Å². The molecule has 0 bridgehead atoms. The minimum atomic E-state index is -1.12. The van der Waals surface area contributed by atoms with Crippen LogP contribution in [-0.2, 0) is 0 Å². The third kappa shape index (κ3) is 3.63. The van der Waals surface area contributed by atoms with Crippen molar-refractivity contribution in [1.29, 1.82) is 0 Å². The fraction of sp³-hybridized carbons (Fsp3) is 0.167. The Morgan fingerprint density at radius 1 is 1.04 bits per heavy atom. The van der Waals surface area contributed by atoms with Gasteiger partial charge < -0.3 is 9.84 Å². The van der Waals surface area contributed by atoms with E-state index in [0.717, 1.165) is 22.2 Å². The molecule has 23 heavy (non-hydrogen) atoms. The molecule has 2 aromatic carbocycles. The van der Waals surface area contributed by atoms with Crippen LogP contribution in [0.15, 0.2) is 54.6 Å². The molecule has 0 spiro atoms. The van der Waals surface area contributed by atoms with Crippen molar-refractivity contribution in [2.45, 2.75) is 6.10 Å². The van der Waals surface area contributed by atoms with Crippen molar-refractivity contribution in [2.24, 2.45) is 0 Å². The van der Waals surface area contributed by atoms with Crippen molar-refractivity contribution in [3.8, 4) is 17.0 Å². The second-order valence-electron chi connectivity index (χ2n) is 5.18. The molecular formula is C18H15F2NO2. The zero-order chi connectivity index (χ0) is 16.2. The van der Waals surface area contributed by atoms with E-state index in [1.165, 1.54) is 12.1 Å². The largest absolute Gasteiger partial charge is 0.491 e. The minimum absolute atomic E-state index is 0.0941. The summed E-state index contributed by atoms with van der Waals surface area (Å²) >= 11 is 0. The van der Waals surface area contributed by atoms with E-state index < -0.39 is 12.8 Å². The number of fused-ring (bicyclic) bond motifs is 1. The number of hydrogen-bond acceptors (Lipinski definition) is 3. The summed E-state index contributed by atoms with van der Waals surface area (Å²) in [6.07, 6.45) is -1.12. The number of aliphatic hydroxyl groups excluding tert-OH is 1. The third-order valence-corrected chi connectivity index (χ3v) is 3.42. The first kappa shape index (κ1) is 15.4. The standard InChI is InChI=1S/C18H15F2NO2/c19-10-15(22)11-23-16-6-8-18-13(9-16)3-7-17(21-18)12-1-4-14(20)5-2-12/h1-9,15,22H,10-11H2. The summed E-state index contributed by atoms with van der Waals surface area (Å²) in [5.74, 6) is 0.258. The molecule has 1 atom stereocenters. The third-order valence-electron chi connectivity index (χ3n) is 3.42. The monoisotopic (exact) mass is 315 g/mol. The number of hydrogen-bond donors (Lipinski definition) is 1. The first-order valence-corrected chi connectivity index (χ1v) is 7.19. The van der Waals surface area contributed by atoms with E-state index >= 15 is 0 Å². The zero-order valence-electron chi connectivity index (χ0n) is 12.2. The summed E-state index contributed by atoms with van der Waals surface area (Å²) in [7, 11) is 0. The molecule has 1 aromatic heterocycles. The Labute approximate surface area is 132 Å². The van der Waals surface area contributed by atoms with Gasteiger partial charge in [-0.2, -0.15) is 0 Å². The summed E-state index contributed by atoms with van der Waals surface area (Å²) in [5, 5.41) is 10.0. The lowest BCUT2D eigenvalue weighted by Crippen LogP contribution is -2.19. The molecule has 1 unspecified atom stereocenters. The lowest BCUT2D eigenvalue weighted by atomic mass is 10.1. The molecule has 0 aliphatic rings. The van der Waals surface area contributed by atoms with Crippen molar-refractivity contribution in [3.63, 3.8) is 0 Å². The maximum Gasteiger partial charge on any atom is 0.123 e. The number of aliphatic hydroxyl groups is 1. The Balaban J connectivity index is 1.85. The highest BCUT2D eigenvalue weighted by atomic mass is 19.1. The Morgan fingerprint density at radius 2 is 1.83 bits per heavy atom. The van der Waals surface area contributed by atoms with Crippen LogP contribution in [0.3, 0.4) is 0 Å². The van der Waals surface area contributed by atoms with E-state index in [2.05, 4.69) is 4.98 Å². The summed E-state index contributed by atoms with van der Waals surface area (Å²) in [4.78, 5) is 4.54. The van der Waals surface area contributed by atoms with Crippen LogP contribution >= 0.6 is 0 Å². The van der Waals surface area contributed by atoms with Crippen LogP contribution in [0.1, 0.15) is 0 Å². The van der Waals surface area contributed by atoms with Gasteiger partial charge in [0.15, 0.2) is 0 Å². The number of pyridine rings is 1. The molecule has 1 N–H and O–H groups in total. The molecule has 0 fully saturated rings. The van der Waals surface area contributed by atoms with E-state index in [4.69, 9.17) is 4.74 Å². The predicted octanol–water partition coefficient (Wildman–Crippen LogP) is 3.75. The SMILES string of the molecule is OC(CF)COc1ccc2nc(-c3ccc(F)cc3)ccc2c1. The number of aromatic nitrogens is 1. The Kier molecular flexibility index (Phi) is 4.48. The molecule has 0 aliphatic carbocycles. The van der Waals surface area contributed by atoms with Crippen molar-refractivity contribution in [1.82, 2.24) is 4.98 Å². The van der Waals surface area contributed by atoms with Crippen LogP contribution in [0.4, 0.5) is 8.78 Å².